The highest BCUT2D eigenvalue weighted by atomic mass is 16.6. The molecule has 1 N–H and O–H groups in total. The molecule has 110 valence electrons. The van der Waals surface area contributed by atoms with Crippen LogP contribution in [0.3, 0.4) is 0 Å². The molecule has 2 heterocycles. The Kier molecular flexibility index (Phi) is 4.42. The van der Waals surface area contributed by atoms with E-state index in [0.717, 1.165) is 64.8 Å². The summed E-state index contributed by atoms with van der Waals surface area (Å²) in [6.45, 7) is 2.71. The maximum atomic E-state index is 9.17. The van der Waals surface area contributed by atoms with Gasteiger partial charge in [0.25, 0.3) is 0 Å². The molecule has 1 saturated carbocycles. The number of hydrogen-bond donors (Lipinski definition) is 1. The third-order valence-corrected chi connectivity index (χ3v) is 4.95. The van der Waals surface area contributed by atoms with E-state index in [2.05, 4.69) is 0 Å². The lowest BCUT2D eigenvalue weighted by Gasteiger charge is -2.39. The first-order valence-corrected chi connectivity index (χ1v) is 7.78. The van der Waals surface area contributed by atoms with E-state index in [1.54, 1.807) is 0 Å². The van der Waals surface area contributed by atoms with Gasteiger partial charge in [-0.25, -0.2) is 0 Å². The minimum absolute atomic E-state index is 0.0504. The number of aliphatic hydroxyl groups excluding tert-OH is 1. The molecule has 2 saturated heterocycles. The fraction of sp³-hybridized carbons (Fsp3) is 1.00. The number of hydrogen-bond acceptors (Lipinski definition) is 4. The first-order valence-electron chi connectivity index (χ1n) is 7.78. The highest BCUT2D eigenvalue weighted by molar-refractivity contribution is 4.91. The third kappa shape index (κ3) is 3.30. The largest absolute Gasteiger partial charge is 0.396 e. The van der Waals surface area contributed by atoms with Crippen molar-refractivity contribution in [3.63, 3.8) is 0 Å². The molecule has 0 aromatic rings. The molecule has 0 amide bonds. The van der Waals surface area contributed by atoms with Crippen LogP contribution in [0.2, 0.25) is 0 Å². The predicted octanol–water partition coefficient (Wildman–Crippen LogP) is 1.89. The van der Waals surface area contributed by atoms with Crippen molar-refractivity contribution >= 4 is 0 Å². The second-order valence-electron chi connectivity index (χ2n) is 6.41. The van der Waals surface area contributed by atoms with E-state index < -0.39 is 0 Å². The van der Waals surface area contributed by atoms with Crippen LogP contribution >= 0.6 is 0 Å². The molecule has 4 nitrogen and oxygen atoms in total. The molecule has 0 bridgehead atoms. The molecule has 1 spiro atoms. The predicted molar refractivity (Wildman–Crippen MR) is 71.1 cm³/mol. The van der Waals surface area contributed by atoms with E-state index in [1.165, 1.54) is 0 Å². The zero-order valence-electron chi connectivity index (χ0n) is 11.7. The second kappa shape index (κ2) is 6.08. The van der Waals surface area contributed by atoms with E-state index >= 15 is 0 Å². The molecule has 2 atom stereocenters. The summed E-state index contributed by atoms with van der Waals surface area (Å²) in [4.78, 5) is 0. The van der Waals surface area contributed by atoms with E-state index in [1.807, 2.05) is 0 Å². The van der Waals surface area contributed by atoms with Crippen LogP contribution in [-0.2, 0) is 14.2 Å². The quantitative estimate of drug-likeness (QED) is 0.851. The van der Waals surface area contributed by atoms with Gasteiger partial charge in [-0.05, 0) is 38.0 Å². The maximum Gasteiger partial charge on any atom is 0.0961 e. The van der Waals surface area contributed by atoms with Crippen molar-refractivity contribution in [3.8, 4) is 0 Å². The van der Waals surface area contributed by atoms with Crippen molar-refractivity contribution in [1.29, 1.82) is 0 Å². The van der Waals surface area contributed by atoms with Gasteiger partial charge in [0, 0.05) is 32.7 Å². The van der Waals surface area contributed by atoms with E-state index in [-0.39, 0.29) is 5.60 Å². The van der Waals surface area contributed by atoms with Gasteiger partial charge in [0.15, 0.2) is 0 Å². The Bertz CT molecular complexity index is 280. The van der Waals surface area contributed by atoms with Crippen molar-refractivity contribution in [3.05, 3.63) is 0 Å². The summed E-state index contributed by atoms with van der Waals surface area (Å²) < 4.78 is 17.7. The topological polar surface area (TPSA) is 47.9 Å². The Labute approximate surface area is 115 Å². The van der Waals surface area contributed by atoms with Crippen LogP contribution in [0.15, 0.2) is 0 Å². The first kappa shape index (κ1) is 13.8. The van der Waals surface area contributed by atoms with E-state index in [4.69, 9.17) is 19.3 Å². The van der Waals surface area contributed by atoms with Crippen LogP contribution in [0, 0.1) is 5.92 Å². The number of rotatable bonds is 3. The van der Waals surface area contributed by atoms with Crippen LogP contribution in [-0.4, -0.2) is 49.3 Å². The van der Waals surface area contributed by atoms with Gasteiger partial charge < -0.3 is 19.3 Å². The summed E-state index contributed by atoms with van der Waals surface area (Å²) in [7, 11) is 0. The number of ether oxygens (including phenoxy) is 3. The molecule has 2 aliphatic heterocycles. The van der Waals surface area contributed by atoms with Gasteiger partial charge in [-0.2, -0.15) is 0 Å². The van der Waals surface area contributed by atoms with Crippen molar-refractivity contribution < 1.29 is 19.3 Å². The molecule has 3 fully saturated rings. The average molecular weight is 270 g/mol. The fourth-order valence-corrected chi connectivity index (χ4v) is 3.68. The summed E-state index contributed by atoms with van der Waals surface area (Å²) in [6.07, 6.45) is 8.19. The lowest BCUT2D eigenvalue weighted by molar-refractivity contribution is -0.152. The summed E-state index contributed by atoms with van der Waals surface area (Å²) in [5.41, 5.74) is -0.0504. The van der Waals surface area contributed by atoms with E-state index in [0.29, 0.717) is 24.7 Å². The minimum Gasteiger partial charge on any atom is -0.396 e. The Morgan fingerprint density at radius 3 is 2.58 bits per heavy atom. The minimum atomic E-state index is -0.0504. The molecule has 0 aromatic carbocycles. The highest BCUT2D eigenvalue weighted by Gasteiger charge is 2.42. The van der Waals surface area contributed by atoms with Crippen LogP contribution in [0.25, 0.3) is 0 Å². The van der Waals surface area contributed by atoms with Crippen molar-refractivity contribution in [2.75, 3.05) is 26.4 Å². The third-order valence-electron chi connectivity index (χ3n) is 4.95. The molecule has 0 aromatic heterocycles. The molecule has 0 radical (unpaired) electrons. The second-order valence-corrected chi connectivity index (χ2v) is 6.41. The Hall–Kier alpha value is -0.160. The van der Waals surface area contributed by atoms with Gasteiger partial charge >= 0.3 is 0 Å². The smallest absolute Gasteiger partial charge is 0.0961 e. The Balaban J connectivity index is 1.47. The van der Waals surface area contributed by atoms with Crippen LogP contribution in [0.1, 0.15) is 44.9 Å². The SMILES string of the molecule is OCC1CCC(OC2CCOC3(CCOC3)C2)CC1. The van der Waals surface area contributed by atoms with Crippen LogP contribution in [0.4, 0.5) is 0 Å². The standard InChI is InChI=1S/C15H26O4/c16-10-12-1-3-13(4-2-12)19-14-5-7-18-15(9-14)6-8-17-11-15/h12-14,16H,1-11H2. The Morgan fingerprint density at radius 2 is 1.89 bits per heavy atom. The van der Waals surface area contributed by atoms with Gasteiger partial charge in [0.05, 0.1) is 24.4 Å². The normalized spacial score (nSPS) is 43.7. The molecular weight excluding hydrogens is 244 g/mol. The molecule has 2 unspecified atom stereocenters. The maximum absolute atomic E-state index is 9.17. The molecule has 1 aliphatic carbocycles. The first-order chi connectivity index (χ1) is 9.30. The molecular formula is C15H26O4. The van der Waals surface area contributed by atoms with Gasteiger partial charge in [0.2, 0.25) is 0 Å². The summed E-state index contributed by atoms with van der Waals surface area (Å²) in [5, 5.41) is 9.17. The van der Waals surface area contributed by atoms with Crippen LogP contribution in [0.5, 0.6) is 0 Å². The van der Waals surface area contributed by atoms with Gasteiger partial charge in [-0.15, -0.1) is 0 Å². The van der Waals surface area contributed by atoms with Crippen LogP contribution < -0.4 is 0 Å². The lowest BCUT2D eigenvalue weighted by Crippen LogP contribution is -2.44. The summed E-state index contributed by atoms with van der Waals surface area (Å²) >= 11 is 0. The van der Waals surface area contributed by atoms with Crippen molar-refractivity contribution in [2.45, 2.75) is 62.8 Å². The summed E-state index contributed by atoms with van der Waals surface area (Å²) in [5.74, 6) is 0.504. The molecule has 3 rings (SSSR count). The lowest BCUT2D eigenvalue weighted by atomic mass is 9.87. The highest BCUT2D eigenvalue weighted by Crippen LogP contribution is 2.36. The monoisotopic (exact) mass is 270 g/mol. The zero-order valence-corrected chi connectivity index (χ0v) is 11.7. The van der Waals surface area contributed by atoms with Crippen molar-refractivity contribution in [1.82, 2.24) is 0 Å². The van der Waals surface area contributed by atoms with E-state index in [9.17, 15) is 0 Å². The van der Waals surface area contributed by atoms with Crippen molar-refractivity contribution in [2.24, 2.45) is 5.92 Å². The average Bonchev–Trinajstić information content (AvgIpc) is 2.88. The van der Waals surface area contributed by atoms with Gasteiger partial charge in [-0.1, -0.05) is 0 Å². The molecule has 4 heteroatoms. The molecule has 19 heavy (non-hydrogen) atoms. The van der Waals surface area contributed by atoms with Gasteiger partial charge in [0.1, 0.15) is 0 Å². The Morgan fingerprint density at radius 1 is 1.05 bits per heavy atom. The fourth-order valence-electron chi connectivity index (χ4n) is 3.68. The zero-order chi connectivity index (χ0) is 13.1. The number of aliphatic hydroxyl groups is 1. The summed E-state index contributed by atoms with van der Waals surface area (Å²) in [6, 6.07) is 0. The van der Waals surface area contributed by atoms with Gasteiger partial charge in [-0.3, -0.25) is 0 Å². The molecule has 3 aliphatic rings.